The summed E-state index contributed by atoms with van der Waals surface area (Å²) in [7, 11) is 1.70. The summed E-state index contributed by atoms with van der Waals surface area (Å²) in [6, 6.07) is 6.15. The number of aromatic nitrogens is 2. The van der Waals surface area contributed by atoms with Crippen molar-refractivity contribution in [2.24, 2.45) is 0 Å². The van der Waals surface area contributed by atoms with E-state index in [0.717, 1.165) is 22.2 Å². The summed E-state index contributed by atoms with van der Waals surface area (Å²) >= 11 is 3.55. The van der Waals surface area contributed by atoms with Crippen molar-refractivity contribution in [1.29, 1.82) is 0 Å². The number of hydrogen-bond donors (Lipinski definition) is 0. The highest BCUT2D eigenvalue weighted by Crippen LogP contribution is 2.25. The number of hydrogen-bond acceptors (Lipinski definition) is 2. The second-order valence-electron chi connectivity index (χ2n) is 3.44. The Morgan fingerprint density at radius 2 is 2.27 bits per heavy atom. The second kappa shape index (κ2) is 4.33. The highest BCUT2D eigenvalue weighted by molar-refractivity contribution is 9.10. The third-order valence-corrected chi connectivity index (χ3v) is 3.05. The van der Waals surface area contributed by atoms with Crippen LogP contribution in [0.3, 0.4) is 0 Å². The van der Waals surface area contributed by atoms with Crippen molar-refractivity contribution in [2.45, 2.75) is 13.5 Å². The number of ether oxygens (including phenoxy) is 1. The molecule has 0 aliphatic rings. The van der Waals surface area contributed by atoms with Crippen molar-refractivity contribution in [2.75, 3.05) is 13.7 Å². The van der Waals surface area contributed by atoms with Crippen molar-refractivity contribution in [3.8, 4) is 0 Å². The van der Waals surface area contributed by atoms with E-state index in [1.165, 1.54) is 5.39 Å². The van der Waals surface area contributed by atoms with Gasteiger partial charge in [-0.2, -0.15) is 5.10 Å². The van der Waals surface area contributed by atoms with Gasteiger partial charge in [-0.3, -0.25) is 4.68 Å². The van der Waals surface area contributed by atoms with E-state index >= 15 is 0 Å². The highest BCUT2D eigenvalue weighted by Gasteiger charge is 2.09. The first-order valence-electron chi connectivity index (χ1n) is 4.84. The molecule has 4 heteroatoms. The molecule has 0 unspecified atom stereocenters. The summed E-state index contributed by atoms with van der Waals surface area (Å²) in [6.07, 6.45) is 0. The van der Waals surface area contributed by atoms with Crippen LogP contribution in [-0.2, 0) is 11.3 Å². The van der Waals surface area contributed by atoms with Gasteiger partial charge < -0.3 is 4.74 Å². The zero-order valence-corrected chi connectivity index (χ0v) is 10.4. The quantitative estimate of drug-likeness (QED) is 0.856. The first kappa shape index (κ1) is 10.6. The molecular weight excluding hydrogens is 256 g/mol. The van der Waals surface area contributed by atoms with Gasteiger partial charge in [-0.15, -0.1) is 0 Å². The van der Waals surface area contributed by atoms with Crippen molar-refractivity contribution in [3.63, 3.8) is 0 Å². The summed E-state index contributed by atoms with van der Waals surface area (Å²) < 4.78 is 8.13. The van der Waals surface area contributed by atoms with E-state index < -0.39 is 0 Å². The predicted octanol–water partition coefficient (Wildman–Crippen LogP) is 2.75. The molecular formula is C11H13BrN2O. The smallest absolute Gasteiger partial charge is 0.0828 e. The number of benzene rings is 1. The molecule has 1 heterocycles. The Hall–Kier alpha value is -0.870. The minimum absolute atomic E-state index is 0.678. The monoisotopic (exact) mass is 268 g/mol. The average Bonchev–Trinajstić information content (AvgIpc) is 2.55. The molecule has 0 radical (unpaired) electrons. The summed E-state index contributed by atoms with van der Waals surface area (Å²) in [6.45, 7) is 3.49. The zero-order chi connectivity index (χ0) is 10.8. The molecule has 1 aromatic heterocycles. The molecule has 0 saturated heterocycles. The van der Waals surface area contributed by atoms with Crippen LogP contribution in [0.25, 0.3) is 10.9 Å². The van der Waals surface area contributed by atoms with E-state index in [-0.39, 0.29) is 0 Å². The largest absolute Gasteiger partial charge is 0.383 e. The van der Waals surface area contributed by atoms with Gasteiger partial charge in [-0.25, -0.2) is 0 Å². The molecule has 3 nitrogen and oxygen atoms in total. The highest BCUT2D eigenvalue weighted by atomic mass is 79.9. The maximum atomic E-state index is 5.07. The van der Waals surface area contributed by atoms with E-state index in [4.69, 9.17) is 4.74 Å². The van der Waals surface area contributed by atoms with Crippen LogP contribution in [0, 0.1) is 6.92 Å². The lowest BCUT2D eigenvalue weighted by molar-refractivity contribution is 0.184. The Bertz CT molecular complexity index is 479. The fourth-order valence-corrected chi connectivity index (χ4v) is 2.26. The summed E-state index contributed by atoms with van der Waals surface area (Å²) in [4.78, 5) is 0. The summed E-state index contributed by atoms with van der Waals surface area (Å²) in [5.74, 6) is 0. The lowest BCUT2D eigenvalue weighted by atomic mass is 10.2. The number of nitrogens with zero attached hydrogens (tertiary/aromatic N) is 2. The average molecular weight is 269 g/mol. The third-order valence-electron chi connectivity index (χ3n) is 2.41. The Balaban J connectivity index is 2.54. The molecule has 0 spiro atoms. The van der Waals surface area contributed by atoms with Crippen LogP contribution < -0.4 is 0 Å². The molecule has 0 N–H and O–H groups in total. The molecule has 0 amide bonds. The SMILES string of the molecule is COCCn1nc(C)c2cccc(Br)c21. The summed E-state index contributed by atoms with van der Waals surface area (Å²) in [5.41, 5.74) is 2.20. The second-order valence-corrected chi connectivity index (χ2v) is 4.29. The normalized spacial score (nSPS) is 11.1. The van der Waals surface area contributed by atoms with E-state index in [1.807, 2.05) is 23.7 Å². The molecule has 80 valence electrons. The molecule has 2 aromatic rings. The Kier molecular flexibility index (Phi) is 3.07. The Morgan fingerprint density at radius 1 is 1.47 bits per heavy atom. The van der Waals surface area contributed by atoms with Gasteiger partial charge >= 0.3 is 0 Å². The van der Waals surface area contributed by atoms with Crippen molar-refractivity contribution in [3.05, 3.63) is 28.4 Å². The first-order chi connectivity index (χ1) is 7.24. The minimum Gasteiger partial charge on any atom is -0.383 e. The molecule has 0 aliphatic carbocycles. The number of methoxy groups -OCH3 is 1. The van der Waals surface area contributed by atoms with E-state index in [0.29, 0.717) is 6.61 Å². The van der Waals surface area contributed by atoms with Crippen LogP contribution in [0.1, 0.15) is 5.69 Å². The lowest BCUT2D eigenvalue weighted by Crippen LogP contribution is -2.05. The van der Waals surface area contributed by atoms with Crippen molar-refractivity contribution in [1.82, 2.24) is 9.78 Å². The molecule has 2 rings (SSSR count). The Labute approximate surface area is 97.2 Å². The van der Waals surface area contributed by atoms with Crippen LogP contribution in [0.5, 0.6) is 0 Å². The van der Waals surface area contributed by atoms with Crippen LogP contribution in [0.4, 0.5) is 0 Å². The molecule has 0 saturated carbocycles. The fraction of sp³-hybridized carbons (Fsp3) is 0.364. The molecule has 0 fully saturated rings. The maximum absolute atomic E-state index is 5.07. The van der Waals surface area contributed by atoms with Crippen molar-refractivity contribution >= 4 is 26.8 Å². The minimum atomic E-state index is 0.678. The van der Waals surface area contributed by atoms with E-state index in [2.05, 4.69) is 27.1 Å². The van der Waals surface area contributed by atoms with Crippen LogP contribution in [-0.4, -0.2) is 23.5 Å². The van der Waals surface area contributed by atoms with Gasteiger partial charge in [-0.05, 0) is 28.9 Å². The van der Waals surface area contributed by atoms with E-state index in [9.17, 15) is 0 Å². The zero-order valence-electron chi connectivity index (χ0n) is 8.83. The number of para-hydroxylation sites is 1. The molecule has 1 aromatic carbocycles. The van der Waals surface area contributed by atoms with Gasteiger partial charge in [0, 0.05) is 17.0 Å². The van der Waals surface area contributed by atoms with Gasteiger partial charge in [0.2, 0.25) is 0 Å². The maximum Gasteiger partial charge on any atom is 0.0828 e. The van der Waals surface area contributed by atoms with Gasteiger partial charge in [0.15, 0.2) is 0 Å². The topological polar surface area (TPSA) is 27.1 Å². The number of fused-ring (bicyclic) bond motifs is 1. The first-order valence-corrected chi connectivity index (χ1v) is 5.64. The van der Waals surface area contributed by atoms with Crippen LogP contribution in [0.2, 0.25) is 0 Å². The van der Waals surface area contributed by atoms with Crippen LogP contribution in [0.15, 0.2) is 22.7 Å². The lowest BCUT2D eigenvalue weighted by Gasteiger charge is -2.03. The third kappa shape index (κ3) is 1.92. The molecule has 0 atom stereocenters. The van der Waals surface area contributed by atoms with E-state index in [1.54, 1.807) is 7.11 Å². The standard InChI is InChI=1S/C11H13BrN2O/c1-8-9-4-3-5-10(12)11(9)14(13-8)6-7-15-2/h3-5H,6-7H2,1-2H3. The fourth-order valence-electron chi connectivity index (χ4n) is 1.69. The molecule has 15 heavy (non-hydrogen) atoms. The molecule has 0 bridgehead atoms. The van der Waals surface area contributed by atoms with Gasteiger partial charge in [0.05, 0.1) is 24.4 Å². The Morgan fingerprint density at radius 3 is 3.00 bits per heavy atom. The van der Waals surface area contributed by atoms with Crippen LogP contribution >= 0.6 is 15.9 Å². The summed E-state index contributed by atoms with van der Waals surface area (Å²) in [5, 5.41) is 5.69. The number of halogens is 1. The predicted molar refractivity (Wildman–Crippen MR) is 64.0 cm³/mol. The van der Waals surface area contributed by atoms with Gasteiger partial charge in [0.1, 0.15) is 0 Å². The van der Waals surface area contributed by atoms with Gasteiger partial charge in [0.25, 0.3) is 0 Å². The number of aryl methyl sites for hydroxylation is 1. The van der Waals surface area contributed by atoms with Crippen molar-refractivity contribution < 1.29 is 4.74 Å². The molecule has 0 aliphatic heterocycles. The number of rotatable bonds is 3. The van der Waals surface area contributed by atoms with Gasteiger partial charge in [-0.1, -0.05) is 12.1 Å².